The third-order valence-corrected chi connectivity index (χ3v) is 1.29. The Morgan fingerprint density at radius 1 is 1.33 bits per heavy atom. The number of hydrogen-bond donors (Lipinski definition) is 2. The van der Waals surface area contributed by atoms with Gasteiger partial charge in [-0.1, -0.05) is 0 Å². The minimum atomic E-state index is 0. The number of hydrogen-bond acceptors (Lipinski definition) is 2. The second-order valence-electron chi connectivity index (χ2n) is 2.12. The van der Waals surface area contributed by atoms with Crippen molar-refractivity contribution in [2.75, 3.05) is 11.5 Å². The van der Waals surface area contributed by atoms with Crippen LogP contribution in [0.15, 0.2) is 18.2 Å². The van der Waals surface area contributed by atoms with Gasteiger partial charge in [0, 0.05) is 11.4 Å². The second-order valence-corrected chi connectivity index (χ2v) is 2.12. The van der Waals surface area contributed by atoms with Gasteiger partial charge < -0.3 is 11.5 Å². The maximum atomic E-state index is 5.53. The van der Waals surface area contributed by atoms with E-state index in [2.05, 4.69) is 0 Å². The Labute approximate surface area is 56.0 Å². The van der Waals surface area contributed by atoms with Crippen LogP contribution in [0.4, 0.5) is 11.4 Å². The Balaban J connectivity index is 0.000000810. The van der Waals surface area contributed by atoms with Crippen molar-refractivity contribution in [2.24, 2.45) is 0 Å². The largest absolute Gasteiger partial charge is 1.00 e. The maximum absolute atomic E-state index is 5.53. The molecular formula is C7H11N2+. The molecule has 0 saturated carbocycles. The van der Waals surface area contributed by atoms with Crippen LogP contribution < -0.4 is 11.5 Å². The van der Waals surface area contributed by atoms with Crippen molar-refractivity contribution in [3.63, 3.8) is 0 Å². The summed E-state index contributed by atoms with van der Waals surface area (Å²) >= 11 is 0. The van der Waals surface area contributed by atoms with Gasteiger partial charge in [-0.05, 0) is 30.7 Å². The van der Waals surface area contributed by atoms with Gasteiger partial charge in [0.05, 0.1) is 0 Å². The molecule has 9 heavy (non-hydrogen) atoms. The van der Waals surface area contributed by atoms with Crippen molar-refractivity contribution in [3.05, 3.63) is 23.8 Å². The summed E-state index contributed by atoms with van der Waals surface area (Å²) < 4.78 is 0. The smallest absolute Gasteiger partial charge is 0.399 e. The number of nitrogen functional groups attached to an aromatic ring is 2. The van der Waals surface area contributed by atoms with Gasteiger partial charge in [-0.15, -0.1) is 0 Å². The zero-order chi connectivity index (χ0) is 6.85. The molecular weight excluding hydrogens is 112 g/mol. The normalized spacial score (nSPS) is 9.44. The molecule has 0 amide bonds. The van der Waals surface area contributed by atoms with Crippen molar-refractivity contribution in [1.29, 1.82) is 0 Å². The van der Waals surface area contributed by atoms with E-state index in [-0.39, 0.29) is 1.43 Å². The quantitative estimate of drug-likeness (QED) is 0.510. The lowest BCUT2D eigenvalue weighted by atomic mass is 10.2. The van der Waals surface area contributed by atoms with E-state index in [0.717, 1.165) is 16.9 Å². The monoisotopic (exact) mass is 123 g/mol. The van der Waals surface area contributed by atoms with Crippen LogP contribution >= 0.6 is 0 Å². The van der Waals surface area contributed by atoms with E-state index in [1.807, 2.05) is 19.1 Å². The Morgan fingerprint density at radius 3 is 2.44 bits per heavy atom. The topological polar surface area (TPSA) is 52.0 Å². The summed E-state index contributed by atoms with van der Waals surface area (Å²) in [5, 5.41) is 0. The van der Waals surface area contributed by atoms with E-state index in [1.165, 1.54) is 0 Å². The van der Waals surface area contributed by atoms with Gasteiger partial charge in [0.2, 0.25) is 0 Å². The number of rotatable bonds is 0. The molecule has 48 valence electrons. The molecule has 0 aliphatic rings. The summed E-state index contributed by atoms with van der Waals surface area (Å²) in [4.78, 5) is 0. The highest BCUT2D eigenvalue weighted by molar-refractivity contribution is 5.54. The maximum Gasteiger partial charge on any atom is 1.00 e. The fraction of sp³-hybridized carbons (Fsp3) is 0.143. The molecule has 4 N–H and O–H groups in total. The average molecular weight is 123 g/mol. The Kier molecular flexibility index (Phi) is 1.30. The van der Waals surface area contributed by atoms with E-state index >= 15 is 0 Å². The molecule has 0 spiro atoms. The molecule has 0 heterocycles. The van der Waals surface area contributed by atoms with Crippen LogP contribution in [0.2, 0.25) is 0 Å². The van der Waals surface area contributed by atoms with Crippen LogP contribution in [0, 0.1) is 6.92 Å². The molecule has 1 aromatic carbocycles. The molecule has 0 aliphatic carbocycles. The third kappa shape index (κ3) is 1.13. The van der Waals surface area contributed by atoms with Crippen molar-refractivity contribution in [2.45, 2.75) is 6.92 Å². The molecule has 2 heteroatoms. The summed E-state index contributed by atoms with van der Waals surface area (Å²) in [6, 6.07) is 5.46. The molecule has 0 unspecified atom stereocenters. The highest BCUT2D eigenvalue weighted by Crippen LogP contribution is 2.12. The van der Waals surface area contributed by atoms with Crippen LogP contribution in [-0.4, -0.2) is 0 Å². The Hall–Kier alpha value is -1.18. The zero-order valence-corrected chi connectivity index (χ0v) is 5.39. The van der Waals surface area contributed by atoms with Gasteiger partial charge in [0.15, 0.2) is 0 Å². The molecule has 0 bridgehead atoms. The van der Waals surface area contributed by atoms with Crippen LogP contribution in [-0.2, 0) is 0 Å². The van der Waals surface area contributed by atoms with Crippen LogP contribution in [0.1, 0.15) is 6.99 Å². The summed E-state index contributed by atoms with van der Waals surface area (Å²) in [5.74, 6) is 0. The van der Waals surface area contributed by atoms with Crippen molar-refractivity contribution >= 4 is 11.4 Å². The van der Waals surface area contributed by atoms with Crippen LogP contribution in [0.5, 0.6) is 0 Å². The second kappa shape index (κ2) is 1.97. The fourth-order valence-electron chi connectivity index (χ4n) is 0.699. The molecule has 0 fully saturated rings. The lowest BCUT2D eigenvalue weighted by molar-refractivity contribution is 1.47. The predicted octanol–water partition coefficient (Wildman–Crippen LogP) is 1.27. The molecule has 2 nitrogen and oxygen atoms in total. The lowest BCUT2D eigenvalue weighted by Gasteiger charge is -1.98. The van der Waals surface area contributed by atoms with Gasteiger partial charge in [-0.2, -0.15) is 0 Å². The van der Waals surface area contributed by atoms with Crippen molar-refractivity contribution in [3.8, 4) is 0 Å². The van der Waals surface area contributed by atoms with E-state index < -0.39 is 0 Å². The van der Waals surface area contributed by atoms with E-state index in [1.54, 1.807) is 6.07 Å². The van der Waals surface area contributed by atoms with E-state index in [0.29, 0.717) is 0 Å². The van der Waals surface area contributed by atoms with E-state index in [4.69, 9.17) is 11.5 Å². The van der Waals surface area contributed by atoms with Crippen molar-refractivity contribution < 1.29 is 1.43 Å². The highest BCUT2D eigenvalue weighted by atomic mass is 14.6. The minimum absolute atomic E-state index is 0. The molecule has 0 atom stereocenters. The predicted molar refractivity (Wildman–Crippen MR) is 41.1 cm³/mol. The van der Waals surface area contributed by atoms with E-state index in [9.17, 15) is 0 Å². The number of nitrogens with two attached hydrogens (primary N) is 2. The molecule has 0 aliphatic heterocycles. The van der Waals surface area contributed by atoms with Crippen LogP contribution in [0.3, 0.4) is 0 Å². The molecule has 0 saturated heterocycles. The first kappa shape index (κ1) is 5.95. The van der Waals surface area contributed by atoms with Gasteiger partial charge in [-0.25, -0.2) is 0 Å². The summed E-state index contributed by atoms with van der Waals surface area (Å²) in [5.41, 5.74) is 13.6. The number of aryl methyl sites for hydroxylation is 1. The first-order valence-corrected chi connectivity index (χ1v) is 2.82. The van der Waals surface area contributed by atoms with Gasteiger partial charge in [-0.3, -0.25) is 0 Å². The first-order chi connectivity index (χ1) is 4.20. The summed E-state index contributed by atoms with van der Waals surface area (Å²) in [7, 11) is 0. The SMILES string of the molecule is Cc1cc(N)ccc1N.[H+]. The highest BCUT2D eigenvalue weighted by Gasteiger charge is 1.90. The molecule has 1 aromatic rings. The Morgan fingerprint density at radius 2 is 2.00 bits per heavy atom. The number of anilines is 2. The number of benzene rings is 1. The van der Waals surface area contributed by atoms with Crippen LogP contribution in [0.25, 0.3) is 0 Å². The van der Waals surface area contributed by atoms with Crippen molar-refractivity contribution in [1.82, 2.24) is 0 Å². The Bertz CT molecular complexity index is 223. The summed E-state index contributed by atoms with van der Waals surface area (Å²) in [6.45, 7) is 1.94. The van der Waals surface area contributed by atoms with Gasteiger partial charge in [0.1, 0.15) is 0 Å². The third-order valence-electron chi connectivity index (χ3n) is 1.29. The molecule has 1 rings (SSSR count). The molecule has 0 aromatic heterocycles. The van der Waals surface area contributed by atoms with Gasteiger partial charge in [0.25, 0.3) is 0 Å². The minimum Gasteiger partial charge on any atom is -0.399 e. The average Bonchev–Trinajstić information content (AvgIpc) is 1.80. The summed E-state index contributed by atoms with van der Waals surface area (Å²) in [6.07, 6.45) is 0. The molecule has 0 radical (unpaired) electrons. The zero-order valence-electron chi connectivity index (χ0n) is 6.39. The fourth-order valence-corrected chi connectivity index (χ4v) is 0.699. The standard InChI is InChI=1S/C7H10N2/c1-5-4-6(8)2-3-7(5)9/h2-4H,8-9H2,1H3/p+1. The van der Waals surface area contributed by atoms with Gasteiger partial charge >= 0.3 is 1.43 Å². The first-order valence-electron chi connectivity index (χ1n) is 2.82. The lowest BCUT2D eigenvalue weighted by Crippen LogP contribution is -1.91.